The van der Waals surface area contributed by atoms with Crippen LogP contribution in [-0.4, -0.2) is 50.1 Å². The Morgan fingerprint density at radius 3 is 2.93 bits per heavy atom. The molecular weight excluding hydrogens is 378 g/mol. The van der Waals surface area contributed by atoms with Gasteiger partial charge < -0.3 is 9.64 Å². The number of benzene rings is 1. The van der Waals surface area contributed by atoms with Crippen LogP contribution >= 0.6 is 11.6 Å². The van der Waals surface area contributed by atoms with Gasteiger partial charge in [-0.05, 0) is 49.4 Å². The van der Waals surface area contributed by atoms with Crippen LogP contribution in [0, 0.1) is 6.92 Å². The summed E-state index contributed by atoms with van der Waals surface area (Å²) in [6.45, 7) is 3.36. The smallest absolute Gasteiger partial charge is 0.254 e. The van der Waals surface area contributed by atoms with Gasteiger partial charge in [0.2, 0.25) is 0 Å². The van der Waals surface area contributed by atoms with E-state index in [0.717, 1.165) is 17.0 Å². The van der Waals surface area contributed by atoms with E-state index in [1.807, 2.05) is 30.0 Å². The van der Waals surface area contributed by atoms with Gasteiger partial charge in [0.1, 0.15) is 12.4 Å². The van der Waals surface area contributed by atoms with Gasteiger partial charge in [0.25, 0.3) is 11.7 Å². The van der Waals surface area contributed by atoms with Crippen LogP contribution in [0.5, 0.6) is 0 Å². The molecule has 3 aromatic rings. The van der Waals surface area contributed by atoms with Crippen molar-refractivity contribution >= 4 is 23.3 Å². The molecule has 0 N–H and O–H groups in total. The van der Waals surface area contributed by atoms with E-state index in [9.17, 15) is 4.79 Å². The summed E-state index contributed by atoms with van der Waals surface area (Å²) >= 11 is 6.42. The Balaban J connectivity index is 1.40. The number of ether oxygens (including phenoxy) is 1. The third-order valence-corrected chi connectivity index (χ3v) is 5.68. The SMILES string of the molecule is Cc1cc(C2CN(C(=O)c3ccc(C4CC4)c(Cl)c3)CCO2)n2ncnc2n1. The number of nitrogens with zero attached hydrogens (tertiary/aromatic N) is 5. The molecule has 2 fully saturated rings. The number of aryl methyl sites for hydroxylation is 1. The molecule has 0 radical (unpaired) electrons. The van der Waals surface area contributed by atoms with Crippen LogP contribution in [0.25, 0.3) is 5.78 Å². The Hall–Kier alpha value is -2.51. The molecule has 7 nitrogen and oxygen atoms in total. The number of amides is 1. The molecule has 28 heavy (non-hydrogen) atoms. The number of hydrogen-bond donors (Lipinski definition) is 0. The molecule has 1 aromatic carbocycles. The lowest BCUT2D eigenvalue weighted by atomic mass is 10.1. The van der Waals surface area contributed by atoms with Gasteiger partial charge in [-0.15, -0.1) is 0 Å². The molecule has 1 saturated carbocycles. The first-order valence-electron chi connectivity index (χ1n) is 9.48. The van der Waals surface area contributed by atoms with Crippen molar-refractivity contribution in [2.75, 3.05) is 19.7 Å². The summed E-state index contributed by atoms with van der Waals surface area (Å²) in [5.41, 5.74) is 3.45. The minimum absolute atomic E-state index is 0.0295. The number of carbonyl (C=O) groups excluding carboxylic acids is 1. The largest absolute Gasteiger partial charge is 0.368 e. The molecule has 1 atom stereocenters. The second kappa shape index (κ2) is 6.83. The normalized spacial score (nSPS) is 19.9. The zero-order valence-corrected chi connectivity index (χ0v) is 16.3. The van der Waals surface area contributed by atoms with Gasteiger partial charge in [-0.25, -0.2) is 4.98 Å². The molecular formula is C20H20ClN5O2. The van der Waals surface area contributed by atoms with E-state index in [-0.39, 0.29) is 12.0 Å². The summed E-state index contributed by atoms with van der Waals surface area (Å²) in [5, 5.41) is 4.94. The molecule has 0 spiro atoms. The van der Waals surface area contributed by atoms with Crippen LogP contribution in [0.4, 0.5) is 0 Å². The highest BCUT2D eigenvalue weighted by Crippen LogP contribution is 2.43. The van der Waals surface area contributed by atoms with Crippen LogP contribution in [0.15, 0.2) is 30.6 Å². The minimum atomic E-state index is -0.287. The number of hydrogen-bond acceptors (Lipinski definition) is 5. The highest BCUT2D eigenvalue weighted by atomic mass is 35.5. The number of aromatic nitrogens is 4. The topological polar surface area (TPSA) is 72.6 Å². The summed E-state index contributed by atoms with van der Waals surface area (Å²) in [6.07, 6.45) is 3.55. The summed E-state index contributed by atoms with van der Waals surface area (Å²) in [5.74, 6) is 1.06. The fourth-order valence-corrected chi connectivity index (χ4v) is 4.10. The predicted molar refractivity (Wildman–Crippen MR) is 104 cm³/mol. The number of carbonyl (C=O) groups is 1. The molecule has 144 valence electrons. The van der Waals surface area contributed by atoms with Gasteiger partial charge in [-0.3, -0.25) is 4.79 Å². The van der Waals surface area contributed by atoms with Gasteiger partial charge in [-0.1, -0.05) is 17.7 Å². The lowest BCUT2D eigenvalue weighted by Gasteiger charge is -2.33. The summed E-state index contributed by atoms with van der Waals surface area (Å²) in [4.78, 5) is 23.4. The van der Waals surface area contributed by atoms with Crippen molar-refractivity contribution < 1.29 is 9.53 Å². The van der Waals surface area contributed by atoms with Gasteiger partial charge in [0, 0.05) is 22.8 Å². The lowest BCUT2D eigenvalue weighted by molar-refractivity contribution is -0.0257. The van der Waals surface area contributed by atoms with Gasteiger partial charge >= 0.3 is 0 Å². The maximum absolute atomic E-state index is 13.1. The molecule has 2 aliphatic rings. The first-order chi connectivity index (χ1) is 13.6. The standard InChI is InChI=1S/C20H20ClN5O2/c1-12-8-17(26-20(24-12)22-11-23-26)18-10-25(6-7-28-18)19(27)14-4-5-15(13-2-3-13)16(21)9-14/h4-5,8-9,11,13,18H,2-3,6-7,10H2,1H3. The highest BCUT2D eigenvalue weighted by Gasteiger charge is 2.30. The second-order valence-corrected chi connectivity index (χ2v) is 7.82. The lowest BCUT2D eigenvalue weighted by Crippen LogP contribution is -2.42. The zero-order chi connectivity index (χ0) is 19.3. The fraction of sp³-hybridized carbons (Fsp3) is 0.400. The minimum Gasteiger partial charge on any atom is -0.368 e. The highest BCUT2D eigenvalue weighted by molar-refractivity contribution is 6.31. The van der Waals surface area contributed by atoms with Crippen molar-refractivity contribution in [3.63, 3.8) is 0 Å². The van der Waals surface area contributed by atoms with Crippen LogP contribution in [0.3, 0.4) is 0 Å². The third kappa shape index (κ3) is 3.14. The van der Waals surface area contributed by atoms with Gasteiger partial charge in [-0.2, -0.15) is 14.6 Å². The molecule has 1 unspecified atom stereocenters. The second-order valence-electron chi connectivity index (χ2n) is 7.42. The number of fused-ring (bicyclic) bond motifs is 1. The van der Waals surface area contributed by atoms with Crippen molar-refractivity contribution in [2.45, 2.75) is 31.8 Å². The van der Waals surface area contributed by atoms with Gasteiger partial charge in [0.05, 0.1) is 18.8 Å². The maximum Gasteiger partial charge on any atom is 0.254 e. The van der Waals surface area contributed by atoms with Crippen molar-refractivity contribution in [3.8, 4) is 0 Å². The molecule has 3 heterocycles. The van der Waals surface area contributed by atoms with Crippen molar-refractivity contribution in [3.05, 3.63) is 58.1 Å². The summed E-state index contributed by atoms with van der Waals surface area (Å²) < 4.78 is 7.63. The van der Waals surface area contributed by atoms with Crippen molar-refractivity contribution in [1.29, 1.82) is 0 Å². The van der Waals surface area contributed by atoms with Crippen LogP contribution < -0.4 is 0 Å². The number of morpholine rings is 1. The predicted octanol–water partition coefficient (Wildman–Crippen LogP) is 3.18. The van der Waals surface area contributed by atoms with E-state index in [2.05, 4.69) is 15.1 Å². The Labute approximate surface area is 167 Å². The van der Waals surface area contributed by atoms with E-state index < -0.39 is 0 Å². The number of rotatable bonds is 3. The van der Waals surface area contributed by atoms with Crippen LogP contribution in [-0.2, 0) is 4.74 Å². The van der Waals surface area contributed by atoms with Crippen LogP contribution in [0.2, 0.25) is 5.02 Å². The fourth-order valence-electron chi connectivity index (χ4n) is 3.77. The Bertz CT molecular complexity index is 1060. The van der Waals surface area contributed by atoms with E-state index >= 15 is 0 Å². The summed E-state index contributed by atoms with van der Waals surface area (Å²) in [6, 6.07) is 7.62. The van der Waals surface area contributed by atoms with Crippen molar-refractivity contribution in [2.24, 2.45) is 0 Å². The first kappa shape index (κ1) is 17.6. The Kier molecular flexibility index (Phi) is 4.29. The molecule has 1 aliphatic carbocycles. The average molecular weight is 398 g/mol. The first-order valence-corrected chi connectivity index (χ1v) is 9.85. The Morgan fingerprint density at radius 2 is 2.14 bits per heavy atom. The molecule has 8 heteroatoms. The van der Waals surface area contributed by atoms with Crippen LogP contribution in [0.1, 0.15) is 52.2 Å². The quantitative estimate of drug-likeness (QED) is 0.678. The molecule has 2 aromatic heterocycles. The monoisotopic (exact) mass is 397 g/mol. The number of halogens is 1. The van der Waals surface area contributed by atoms with Gasteiger partial charge in [0.15, 0.2) is 0 Å². The zero-order valence-electron chi connectivity index (χ0n) is 15.5. The van der Waals surface area contributed by atoms with Crippen molar-refractivity contribution in [1.82, 2.24) is 24.5 Å². The van der Waals surface area contributed by atoms with E-state index in [4.69, 9.17) is 16.3 Å². The van der Waals surface area contributed by atoms with E-state index in [1.165, 1.54) is 19.2 Å². The average Bonchev–Trinajstić information content (AvgIpc) is 3.44. The Morgan fingerprint density at radius 1 is 1.29 bits per heavy atom. The van der Waals surface area contributed by atoms with E-state index in [1.54, 1.807) is 10.6 Å². The molecule has 1 aliphatic heterocycles. The molecule has 0 bridgehead atoms. The maximum atomic E-state index is 13.1. The molecule has 5 rings (SSSR count). The molecule has 1 amide bonds. The van der Waals surface area contributed by atoms with E-state index in [0.29, 0.717) is 42.0 Å². The third-order valence-electron chi connectivity index (χ3n) is 5.36. The summed E-state index contributed by atoms with van der Waals surface area (Å²) in [7, 11) is 0. The molecule has 1 saturated heterocycles.